The number of aromatic carboxylic acids is 1. The molecule has 0 bridgehead atoms. The van der Waals surface area contributed by atoms with Gasteiger partial charge in [0.05, 0.1) is 23.7 Å². The van der Waals surface area contributed by atoms with Gasteiger partial charge in [-0.15, -0.1) is 0 Å². The molecule has 140 valence electrons. The summed E-state index contributed by atoms with van der Waals surface area (Å²) in [6, 6.07) is 15.6. The van der Waals surface area contributed by atoms with E-state index < -0.39 is 5.97 Å². The number of methoxy groups -OCH3 is 1. The minimum Gasteiger partial charge on any atom is -0.544 e. The number of carbonyl (C=O) groups is 1. The fraction of sp³-hybridized carbons (Fsp3) is 0.200. The molecule has 3 aromatic rings. The van der Waals surface area contributed by atoms with Crippen LogP contribution in [0.4, 0.5) is 5.13 Å². The Morgan fingerprint density at radius 2 is 1.93 bits per heavy atom. The number of aromatic nitrogens is 1. The van der Waals surface area contributed by atoms with Gasteiger partial charge in [-0.25, -0.2) is 4.98 Å². The fourth-order valence-corrected chi connectivity index (χ4v) is 3.31. The smallest absolute Gasteiger partial charge is 0.183 e. The van der Waals surface area contributed by atoms with Crippen LogP contribution >= 0.6 is 11.3 Å². The van der Waals surface area contributed by atoms with Gasteiger partial charge in [0.15, 0.2) is 16.6 Å². The number of ether oxygens (including phenoxy) is 2. The number of thiazole rings is 1. The third-order valence-electron chi connectivity index (χ3n) is 3.89. The summed E-state index contributed by atoms with van der Waals surface area (Å²) < 4.78 is 11.3. The summed E-state index contributed by atoms with van der Waals surface area (Å²) in [4.78, 5) is 15.3. The molecule has 6 nitrogen and oxygen atoms in total. The number of hydrogen-bond donors (Lipinski definition) is 1. The van der Waals surface area contributed by atoms with Crippen molar-refractivity contribution in [2.45, 2.75) is 20.1 Å². The van der Waals surface area contributed by atoms with E-state index in [0.717, 1.165) is 22.5 Å². The summed E-state index contributed by atoms with van der Waals surface area (Å²) >= 11 is 1.07. The molecule has 0 unspecified atom stereocenters. The highest BCUT2D eigenvalue weighted by Gasteiger charge is 2.10. The van der Waals surface area contributed by atoms with Gasteiger partial charge in [0.1, 0.15) is 6.61 Å². The molecule has 0 fully saturated rings. The summed E-state index contributed by atoms with van der Waals surface area (Å²) in [5.41, 5.74) is 2.49. The first-order valence-corrected chi connectivity index (χ1v) is 9.14. The number of carboxylic acids is 1. The zero-order chi connectivity index (χ0) is 19.2. The van der Waals surface area contributed by atoms with Gasteiger partial charge < -0.3 is 24.7 Å². The van der Waals surface area contributed by atoms with Crippen molar-refractivity contribution in [1.82, 2.24) is 4.98 Å². The second kappa shape index (κ2) is 8.55. The highest BCUT2D eigenvalue weighted by Crippen LogP contribution is 2.29. The van der Waals surface area contributed by atoms with Crippen molar-refractivity contribution in [1.29, 1.82) is 0 Å². The third-order valence-corrected chi connectivity index (χ3v) is 4.99. The van der Waals surface area contributed by atoms with E-state index in [-0.39, 0.29) is 4.88 Å². The Labute approximate surface area is 161 Å². The molecule has 0 aliphatic carbocycles. The Hall–Kier alpha value is -3.06. The molecule has 0 saturated heterocycles. The van der Waals surface area contributed by atoms with Gasteiger partial charge in [0.2, 0.25) is 0 Å². The predicted octanol–water partition coefficient (Wildman–Crippen LogP) is 3.01. The molecule has 0 saturated carbocycles. The average molecular weight is 383 g/mol. The van der Waals surface area contributed by atoms with Crippen molar-refractivity contribution < 1.29 is 19.4 Å². The van der Waals surface area contributed by atoms with E-state index in [9.17, 15) is 9.90 Å². The maximum Gasteiger partial charge on any atom is 0.183 e. The Kier molecular flexibility index (Phi) is 5.93. The molecule has 1 aromatic heterocycles. The number of carbonyl (C=O) groups excluding carboxylic acids is 1. The maximum absolute atomic E-state index is 11.0. The van der Waals surface area contributed by atoms with Crippen molar-refractivity contribution in [3.8, 4) is 11.5 Å². The lowest BCUT2D eigenvalue weighted by Gasteiger charge is -2.12. The van der Waals surface area contributed by atoms with Gasteiger partial charge >= 0.3 is 0 Å². The first-order valence-electron chi connectivity index (χ1n) is 8.33. The largest absolute Gasteiger partial charge is 0.544 e. The molecule has 0 radical (unpaired) electrons. The summed E-state index contributed by atoms with van der Waals surface area (Å²) in [5, 5.41) is 14.7. The molecule has 0 aliphatic rings. The van der Waals surface area contributed by atoms with E-state index in [2.05, 4.69) is 10.3 Å². The van der Waals surface area contributed by atoms with Crippen LogP contribution in [0.5, 0.6) is 11.5 Å². The lowest BCUT2D eigenvalue weighted by Crippen LogP contribution is -2.21. The van der Waals surface area contributed by atoms with Crippen LogP contribution in [0.25, 0.3) is 0 Å². The number of hydrogen-bond acceptors (Lipinski definition) is 7. The number of anilines is 1. The van der Waals surface area contributed by atoms with Crippen LogP contribution in [0.1, 0.15) is 26.5 Å². The topological polar surface area (TPSA) is 83.5 Å². The van der Waals surface area contributed by atoms with Crippen molar-refractivity contribution >= 4 is 22.4 Å². The minimum absolute atomic E-state index is 0.139. The molecular formula is C20H19N2O4S-. The molecule has 0 spiro atoms. The minimum atomic E-state index is -1.21. The lowest BCUT2D eigenvalue weighted by molar-refractivity contribution is -0.254. The van der Waals surface area contributed by atoms with E-state index in [0.29, 0.717) is 35.5 Å². The molecule has 2 aromatic carbocycles. The summed E-state index contributed by atoms with van der Waals surface area (Å²) in [5.74, 6) is 0.0880. The monoisotopic (exact) mass is 383 g/mol. The highest BCUT2D eigenvalue weighted by atomic mass is 32.1. The van der Waals surface area contributed by atoms with Crippen LogP contribution in [-0.4, -0.2) is 18.1 Å². The van der Waals surface area contributed by atoms with Crippen LogP contribution < -0.4 is 19.9 Å². The standard InChI is InChI=1S/C20H20N2O4S/c1-13-18(19(23)24)27-20(22-13)21-11-15-8-9-16(17(10-15)25-2)26-12-14-6-4-3-5-7-14/h3-10H,11-12H2,1-2H3,(H,21,22)(H,23,24)/p-1. The lowest BCUT2D eigenvalue weighted by atomic mass is 10.2. The van der Waals surface area contributed by atoms with E-state index in [1.54, 1.807) is 14.0 Å². The van der Waals surface area contributed by atoms with Gasteiger partial charge in [-0.1, -0.05) is 47.7 Å². The first kappa shape index (κ1) is 18.7. The second-order valence-corrected chi connectivity index (χ2v) is 6.83. The molecule has 3 rings (SSSR count). The summed E-state index contributed by atoms with van der Waals surface area (Å²) in [6.45, 7) is 2.59. The normalized spacial score (nSPS) is 10.4. The molecule has 1 heterocycles. The average Bonchev–Trinajstić information content (AvgIpc) is 3.06. The number of benzene rings is 2. The van der Waals surface area contributed by atoms with Crippen LogP contribution in [0.2, 0.25) is 0 Å². The summed E-state index contributed by atoms with van der Waals surface area (Å²) in [6.07, 6.45) is 0. The Balaban J connectivity index is 1.65. The Morgan fingerprint density at radius 3 is 2.59 bits per heavy atom. The highest BCUT2D eigenvalue weighted by molar-refractivity contribution is 7.17. The van der Waals surface area contributed by atoms with E-state index in [1.165, 1.54) is 0 Å². The predicted molar refractivity (Wildman–Crippen MR) is 102 cm³/mol. The van der Waals surface area contributed by atoms with Crippen LogP contribution in [0.3, 0.4) is 0 Å². The molecule has 27 heavy (non-hydrogen) atoms. The second-order valence-electron chi connectivity index (χ2n) is 5.83. The first-order chi connectivity index (χ1) is 13.1. The number of nitrogens with zero attached hydrogens (tertiary/aromatic N) is 1. The molecule has 0 amide bonds. The molecular weight excluding hydrogens is 364 g/mol. The third kappa shape index (κ3) is 4.77. The Morgan fingerprint density at radius 1 is 1.15 bits per heavy atom. The van der Waals surface area contributed by atoms with Crippen molar-refractivity contribution in [3.63, 3.8) is 0 Å². The van der Waals surface area contributed by atoms with E-state index in [4.69, 9.17) is 9.47 Å². The van der Waals surface area contributed by atoms with Crippen LogP contribution in [-0.2, 0) is 13.2 Å². The summed E-state index contributed by atoms with van der Waals surface area (Å²) in [7, 11) is 1.60. The SMILES string of the molecule is COc1cc(CNc2nc(C)c(C(=O)[O-])s2)ccc1OCc1ccccc1. The molecule has 0 aliphatic heterocycles. The van der Waals surface area contributed by atoms with E-state index >= 15 is 0 Å². The van der Waals surface area contributed by atoms with Crippen molar-refractivity contribution in [3.05, 3.63) is 70.2 Å². The molecule has 0 atom stereocenters. The number of rotatable bonds is 8. The zero-order valence-corrected chi connectivity index (χ0v) is 15.8. The van der Waals surface area contributed by atoms with Gasteiger partial charge in [0, 0.05) is 6.54 Å². The Bertz CT molecular complexity index is 925. The van der Waals surface area contributed by atoms with E-state index in [1.807, 2.05) is 48.5 Å². The van der Waals surface area contributed by atoms with Crippen LogP contribution in [0, 0.1) is 6.92 Å². The number of nitrogens with one attached hydrogen (secondary N) is 1. The van der Waals surface area contributed by atoms with Gasteiger partial charge in [-0.05, 0) is 30.2 Å². The maximum atomic E-state index is 11.0. The fourth-order valence-electron chi connectivity index (χ4n) is 2.52. The molecule has 7 heteroatoms. The van der Waals surface area contributed by atoms with Crippen molar-refractivity contribution in [2.24, 2.45) is 0 Å². The quantitative estimate of drug-likeness (QED) is 0.644. The number of aryl methyl sites for hydroxylation is 1. The van der Waals surface area contributed by atoms with Gasteiger partial charge in [0.25, 0.3) is 0 Å². The van der Waals surface area contributed by atoms with Gasteiger partial charge in [-0.2, -0.15) is 0 Å². The van der Waals surface area contributed by atoms with Crippen LogP contribution in [0.15, 0.2) is 48.5 Å². The van der Waals surface area contributed by atoms with Gasteiger partial charge in [-0.3, -0.25) is 0 Å². The van der Waals surface area contributed by atoms with Crippen molar-refractivity contribution in [2.75, 3.05) is 12.4 Å². The molecule has 1 N–H and O–H groups in total. The number of carboxylic acid groups (broad SMARTS) is 1. The zero-order valence-electron chi connectivity index (χ0n) is 15.0.